The summed E-state index contributed by atoms with van der Waals surface area (Å²) in [7, 11) is 0. The van der Waals surface area contributed by atoms with E-state index in [2.05, 4.69) is 19.2 Å². The molecule has 0 aliphatic rings. The van der Waals surface area contributed by atoms with E-state index in [0.717, 1.165) is 6.42 Å². The number of carboxylic acid groups (broad SMARTS) is 1. The molecule has 13 heavy (non-hydrogen) atoms. The average Bonchev–Trinajstić information content (AvgIpc) is 1.98. The maximum absolute atomic E-state index is 10.4. The fraction of sp³-hybridized carbons (Fsp3) is 0.900. The smallest absolute Gasteiger partial charge is 0.304 e. The van der Waals surface area contributed by atoms with E-state index in [-0.39, 0.29) is 12.5 Å². The van der Waals surface area contributed by atoms with E-state index in [1.165, 1.54) is 12.8 Å². The minimum Gasteiger partial charge on any atom is -0.481 e. The first-order chi connectivity index (χ1) is 6.06. The molecule has 0 heterocycles. The molecule has 0 radical (unpaired) electrons. The SMILES string of the molecule is CCCCC(C)NC(C)CC(=O)O. The largest absolute Gasteiger partial charge is 0.481 e. The van der Waals surface area contributed by atoms with Gasteiger partial charge in [0.05, 0.1) is 6.42 Å². The Kier molecular flexibility index (Phi) is 6.59. The monoisotopic (exact) mass is 187 g/mol. The van der Waals surface area contributed by atoms with E-state index in [1.54, 1.807) is 0 Å². The van der Waals surface area contributed by atoms with Crippen molar-refractivity contribution in [1.29, 1.82) is 0 Å². The molecular formula is C10H21NO2. The highest BCUT2D eigenvalue weighted by atomic mass is 16.4. The third kappa shape index (κ3) is 7.78. The van der Waals surface area contributed by atoms with Gasteiger partial charge < -0.3 is 10.4 Å². The lowest BCUT2D eigenvalue weighted by Crippen LogP contribution is -2.35. The van der Waals surface area contributed by atoms with Gasteiger partial charge in [-0.2, -0.15) is 0 Å². The Morgan fingerprint density at radius 2 is 2.00 bits per heavy atom. The van der Waals surface area contributed by atoms with Crippen LogP contribution >= 0.6 is 0 Å². The molecule has 0 saturated heterocycles. The molecule has 0 aliphatic heterocycles. The van der Waals surface area contributed by atoms with Crippen molar-refractivity contribution in [3.8, 4) is 0 Å². The van der Waals surface area contributed by atoms with Gasteiger partial charge in [-0.25, -0.2) is 0 Å². The summed E-state index contributed by atoms with van der Waals surface area (Å²) in [6, 6.07) is 0.499. The van der Waals surface area contributed by atoms with Crippen molar-refractivity contribution in [1.82, 2.24) is 5.32 Å². The maximum atomic E-state index is 10.4. The number of aliphatic carboxylic acids is 1. The van der Waals surface area contributed by atoms with E-state index in [0.29, 0.717) is 6.04 Å². The predicted molar refractivity (Wildman–Crippen MR) is 53.8 cm³/mol. The number of hydrogen-bond donors (Lipinski definition) is 2. The molecule has 2 N–H and O–H groups in total. The Labute approximate surface area is 80.5 Å². The summed E-state index contributed by atoms with van der Waals surface area (Å²) in [4.78, 5) is 10.4. The van der Waals surface area contributed by atoms with Crippen LogP contribution in [-0.4, -0.2) is 23.2 Å². The first-order valence-corrected chi connectivity index (χ1v) is 5.04. The zero-order valence-corrected chi connectivity index (χ0v) is 8.84. The second kappa shape index (κ2) is 6.89. The number of carbonyl (C=O) groups is 1. The molecule has 0 aromatic rings. The first-order valence-electron chi connectivity index (χ1n) is 5.04. The second-order valence-electron chi connectivity index (χ2n) is 3.71. The van der Waals surface area contributed by atoms with Crippen molar-refractivity contribution in [2.75, 3.05) is 0 Å². The summed E-state index contributed by atoms with van der Waals surface area (Å²) < 4.78 is 0. The first kappa shape index (κ1) is 12.4. The van der Waals surface area contributed by atoms with Crippen LogP contribution in [0.4, 0.5) is 0 Å². The molecule has 0 rings (SSSR count). The number of carboxylic acids is 1. The van der Waals surface area contributed by atoms with Crippen LogP contribution in [-0.2, 0) is 4.79 Å². The Bertz CT molecular complexity index is 148. The van der Waals surface area contributed by atoms with Crippen molar-refractivity contribution in [3.05, 3.63) is 0 Å². The summed E-state index contributed by atoms with van der Waals surface area (Å²) in [5.74, 6) is -0.734. The van der Waals surface area contributed by atoms with Crippen LogP contribution in [0.25, 0.3) is 0 Å². The van der Waals surface area contributed by atoms with E-state index >= 15 is 0 Å². The van der Waals surface area contributed by atoms with E-state index < -0.39 is 5.97 Å². The normalized spacial score (nSPS) is 15.3. The molecule has 3 heteroatoms. The molecular weight excluding hydrogens is 166 g/mol. The topological polar surface area (TPSA) is 49.3 Å². The Hall–Kier alpha value is -0.570. The van der Waals surface area contributed by atoms with Crippen LogP contribution in [0.3, 0.4) is 0 Å². The molecule has 0 aliphatic carbocycles. The van der Waals surface area contributed by atoms with Crippen molar-refractivity contribution in [3.63, 3.8) is 0 Å². The van der Waals surface area contributed by atoms with Gasteiger partial charge in [-0.15, -0.1) is 0 Å². The van der Waals surface area contributed by atoms with Gasteiger partial charge >= 0.3 is 5.97 Å². The lowest BCUT2D eigenvalue weighted by Gasteiger charge is -2.18. The predicted octanol–water partition coefficient (Wildman–Crippen LogP) is 2.02. The highest BCUT2D eigenvalue weighted by molar-refractivity contribution is 5.67. The van der Waals surface area contributed by atoms with E-state index in [4.69, 9.17) is 5.11 Å². The summed E-state index contributed by atoms with van der Waals surface area (Å²) in [6.07, 6.45) is 3.73. The molecule has 2 atom stereocenters. The van der Waals surface area contributed by atoms with Crippen molar-refractivity contribution >= 4 is 5.97 Å². The molecule has 0 saturated carbocycles. The van der Waals surface area contributed by atoms with Gasteiger partial charge in [-0.05, 0) is 20.3 Å². The van der Waals surface area contributed by atoms with E-state index in [1.807, 2.05) is 6.92 Å². The van der Waals surface area contributed by atoms with Crippen LogP contribution in [0.15, 0.2) is 0 Å². The second-order valence-corrected chi connectivity index (χ2v) is 3.71. The quantitative estimate of drug-likeness (QED) is 0.641. The van der Waals surface area contributed by atoms with Crippen molar-refractivity contribution in [2.24, 2.45) is 0 Å². The zero-order valence-electron chi connectivity index (χ0n) is 8.84. The number of nitrogens with one attached hydrogen (secondary N) is 1. The van der Waals surface area contributed by atoms with Gasteiger partial charge in [0.15, 0.2) is 0 Å². The van der Waals surface area contributed by atoms with Gasteiger partial charge in [-0.3, -0.25) is 4.79 Å². The fourth-order valence-electron chi connectivity index (χ4n) is 1.40. The Balaban J connectivity index is 3.52. The van der Waals surface area contributed by atoms with Gasteiger partial charge in [0.1, 0.15) is 0 Å². The van der Waals surface area contributed by atoms with Gasteiger partial charge in [0.25, 0.3) is 0 Å². The molecule has 0 fully saturated rings. The minimum atomic E-state index is -0.734. The summed E-state index contributed by atoms with van der Waals surface area (Å²) in [6.45, 7) is 6.18. The third-order valence-corrected chi connectivity index (χ3v) is 2.04. The van der Waals surface area contributed by atoms with Gasteiger partial charge in [0.2, 0.25) is 0 Å². The molecule has 2 unspecified atom stereocenters. The molecule has 0 bridgehead atoms. The average molecular weight is 187 g/mol. The van der Waals surface area contributed by atoms with E-state index in [9.17, 15) is 4.79 Å². The molecule has 0 aromatic heterocycles. The highest BCUT2D eigenvalue weighted by Crippen LogP contribution is 2.01. The summed E-state index contributed by atoms with van der Waals surface area (Å²) in [5.41, 5.74) is 0. The van der Waals surface area contributed by atoms with Crippen LogP contribution in [0.2, 0.25) is 0 Å². The number of unbranched alkanes of at least 4 members (excludes halogenated alkanes) is 1. The number of hydrogen-bond acceptors (Lipinski definition) is 2. The van der Waals surface area contributed by atoms with Crippen molar-refractivity contribution < 1.29 is 9.90 Å². The van der Waals surface area contributed by atoms with Gasteiger partial charge in [0, 0.05) is 12.1 Å². The molecule has 78 valence electrons. The minimum absolute atomic E-state index is 0.0735. The van der Waals surface area contributed by atoms with Gasteiger partial charge in [-0.1, -0.05) is 19.8 Å². The fourth-order valence-corrected chi connectivity index (χ4v) is 1.40. The summed E-state index contributed by atoms with van der Waals surface area (Å²) in [5, 5.41) is 11.8. The van der Waals surface area contributed by atoms with Crippen LogP contribution in [0.1, 0.15) is 46.5 Å². The highest BCUT2D eigenvalue weighted by Gasteiger charge is 2.09. The van der Waals surface area contributed by atoms with Crippen LogP contribution < -0.4 is 5.32 Å². The Morgan fingerprint density at radius 3 is 2.46 bits per heavy atom. The maximum Gasteiger partial charge on any atom is 0.304 e. The molecule has 0 spiro atoms. The molecule has 0 aromatic carbocycles. The lowest BCUT2D eigenvalue weighted by molar-refractivity contribution is -0.137. The zero-order chi connectivity index (χ0) is 10.3. The summed E-state index contributed by atoms with van der Waals surface area (Å²) >= 11 is 0. The number of rotatable bonds is 7. The lowest BCUT2D eigenvalue weighted by atomic mass is 10.1. The Morgan fingerprint density at radius 1 is 1.38 bits per heavy atom. The van der Waals surface area contributed by atoms with Crippen LogP contribution in [0, 0.1) is 0 Å². The molecule has 3 nitrogen and oxygen atoms in total. The van der Waals surface area contributed by atoms with Crippen LogP contribution in [0.5, 0.6) is 0 Å². The standard InChI is InChI=1S/C10H21NO2/c1-4-5-6-8(2)11-9(3)7-10(12)13/h8-9,11H,4-7H2,1-3H3,(H,12,13). The molecule has 0 amide bonds. The third-order valence-electron chi connectivity index (χ3n) is 2.04. The van der Waals surface area contributed by atoms with Crippen molar-refractivity contribution in [2.45, 2.75) is 58.5 Å².